The molecule has 2 aromatic carbocycles. The van der Waals surface area contributed by atoms with Crippen LogP contribution in [-0.2, 0) is 11.2 Å². The molecule has 0 bridgehead atoms. The highest BCUT2D eigenvalue weighted by molar-refractivity contribution is 5.66. The quantitative estimate of drug-likeness (QED) is 0.913. The summed E-state index contributed by atoms with van der Waals surface area (Å²) >= 11 is 0. The Kier molecular flexibility index (Phi) is 4.64. The summed E-state index contributed by atoms with van der Waals surface area (Å²) < 4.78 is 13.8. The van der Waals surface area contributed by atoms with Gasteiger partial charge < -0.3 is 10.0 Å². The molecule has 2 aromatic rings. The molecule has 1 saturated heterocycles. The fourth-order valence-corrected chi connectivity index (χ4v) is 4.25. The number of anilines is 1. The molecule has 0 aliphatic carbocycles. The van der Waals surface area contributed by atoms with Gasteiger partial charge in [0.05, 0.1) is 6.04 Å². The van der Waals surface area contributed by atoms with Crippen molar-refractivity contribution >= 4 is 11.7 Å². The lowest BCUT2D eigenvalue weighted by atomic mass is 9.96. The minimum atomic E-state index is -0.737. The summed E-state index contributed by atoms with van der Waals surface area (Å²) in [5, 5.41) is 8.87. The average Bonchev–Trinajstić information content (AvgIpc) is 2.75. The summed E-state index contributed by atoms with van der Waals surface area (Å²) in [6, 6.07) is 13.8. The molecule has 1 unspecified atom stereocenters. The number of carboxylic acid groups (broad SMARTS) is 1. The zero-order valence-corrected chi connectivity index (χ0v) is 14.7. The van der Waals surface area contributed by atoms with Gasteiger partial charge in [0.2, 0.25) is 0 Å². The average molecular weight is 354 g/mol. The molecule has 1 N–H and O–H groups in total. The van der Waals surface area contributed by atoms with E-state index in [4.69, 9.17) is 5.11 Å². The van der Waals surface area contributed by atoms with Gasteiger partial charge in [-0.1, -0.05) is 24.3 Å². The Hall–Kier alpha value is -2.40. The van der Waals surface area contributed by atoms with Gasteiger partial charge in [0.25, 0.3) is 0 Å². The number of fused-ring (bicyclic) bond motifs is 5. The number of aliphatic carboxylic acids is 1. The topological polar surface area (TPSA) is 43.8 Å². The highest BCUT2D eigenvalue weighted by Crippen LogP contribution is 2.39. The van der Waals surface area contributed by atoms with Crippen molar-refractivity contribution < 1.29 is 14.3 Å². The van der Waals surface area contributed by atoms with E-state index >= 15 is 0 Å². The molecular formula is C21H23FN2O2. The first-order valence-corrected chi connectivity index (χ1v) is 9.19. The van der Waals surface area contributed by atoms with Gasteiger partial charge in [-0.05, 0) is 54.3 Å². The van der Waals surface area contributed by atoms with Gasteiger partial charge >= 0.3 is 5.97 Å². The van der Waals surface area contributed by atoms with E-state index in [9.17, 15) is 9.18 Å². The van der Waals surface area contributed by atoms with Crippen molar-refractivity contribution in [2.24, 2.45) is 0 Å². The van der Waals surface area contributed by atoms with E-state index in [0.717, 1.165) is 43.9 Å². The number of halogens is 1. The molecule has 0 amide bonds. The maximum absolute atomic E-state index is 13.8. The van der Waals surface area contributed by atoms with Crippen molar-refractivity contribution in [2.45, 2.75) is 25.3 Å². The molecule has 2 heterocycles. The van der Waals surface area contributed by atoms with Gasteiger partial charge in [0.1, 0.15) is 5.82 Å². The fourth-order valence-electron chi connectivity index (χ4n) is 4.25. The lowest BCUT2D eigenvalue weighted by Crippen LogP contribution is -2.48. The molecule has 2 aliphatic rings. The number of carboxylic acids is 1. The molecule has 0 saturated carbocycles. The van der Waals surface area contributed by atoms with E-state index in [1.54, 1.807) is 12.1 Å². The van der Waals surface area contributed by atoms with Gasteiger partial charge in [0.15, 0.2) is 0 Å². The van der Waals surface area contributed by atoms with Crippen LogP contribution in [0.15, 0.2) is 42.5 Å². The number of hydrogen-bond acceptors (Lipinski definition) is 3. The summed E-state index contributed by atoms with van der Waals surface area (Å²) in [7, 11) is 0. The molecule has 26 heavy (non-hydrogen) atoms. The van der Waals surface area contributed by atoms with Crippen LogP contribution in [-0.4, -0.2) is 42.2 Å². The maximum atomic E-state index is 13.8. The Labute approximate surface area is 152 Å². The van der Waals surface area contributed by atoms with Crippen LogP contribution in [0.25, 0.3) is 0 Å². The Morgan fingerprint density at radius 1 is 1.15 bits per heavy atom. The van der Waals surface area contributed by atoms with Crippen LogP contribution >= 0.6 is 0 Å². The number of carbonyl (C=O) groups is 1. The number of hydrogen-bond donors (Lipinski definition) is 1. The van der Waals surface area contributed by atoms with Crippen LogP contribution in [0, 0.1) is 5.82 Å². The van der Waals surface area contributed by atoms with Crippen molar-refractivity contribution in [3.63, 3.8) is 0 Å². The van der Waals surface area contributed by atoms with E-state index in [-0.39, 0.29) is 18.3 Å². The molecule has 0 radical (unpaired) electrons. The van der Waals surface area contributed by atoms with Gasteiger partial charge in [-0.3, -0.25) is 9.69 Å². The molecule has 1 atom stereocenters. The van der Waals surface area contributed by atoms with Crippen molar-refractivity contribution in [3.05, 3.63) is 65.0 Å². The highest BCUT2D eigenvalue weighted by Gasteiger charge is 2.33. The Morgan fingerprint density at radius 3 is 2.85 bits per heavy atom. The normalized spacial score (nSPS) is 19.3. The number of benzene rings is 2. The van der Waals surface area contributed by atoms with Crippen molar-refractivity contribution in [1.82, 2.24) is 4.90 Å². The van der Waals surface area contributed by atoms with Crippen LogP contribution in [0.5, 0.6) is 0 Å². The molecule has 2 aliphatic heterocycles. The minimum Gasteiger partial charge on any atom is -0.481 e. The largest absolute Gasteiger partial charge is 0.481 e. The van der Waals surface area contributed by atoms with Gasteiger partial charge in [0, 0.05) is 31.7 Å². The summed E-state index contributed by atoms with van der Waals surface area (Å²) in [6.45, 7) is 3.43. The van der Waals surface area contributed by atoms with E-state index in [0.29, 0.717) is 6.42 Å². The van der Waals surface area contributed by atoms with Crippen LogP contribution in [0.3, 0.4) is 0 Å². The zero-order valence-electron chi connectivity index (χ0n) is 14.7. The molecule has 136 valence electrons. The van der Waals surface area contributed by atoms with Crippen molar-refractivity contribution in [2.75, 3.05) is 31.1 Å². The van der Waals surface area contributed by atoms with Gasteiger partial charge in [-0.25, -0.2) is 4.39 Å². The predicted octanol–water partition coefficient (Wildman–Crippen LogP) is 3.46. The van der Waals surface area contributed by atoms with Crippen molar-refractivity contribution in [1.29, 1.82) is 0 Å². The monoisotopic (exact) mass is 354 g/mol. The minimum absolute atomic E-state index is 0.188. The standard InChI is InChI=1S/C21H23FN2O2/c22-17-7-8-19-16(13-17)12-15-4-1-2-5-18(15)20-14-23(10-11-24(19)20)9-3-6-21(25)26/h1-2,4-5,7-8,13,20H,3,6,9-12,14H2,(H,25,26). The van der Waals surface area contributed by atoms with Crippen LogP contribution in [0.2, 0.25) is 0 Å². The smallest absolute Gasteiger partial charge is 0.303 e. The second kappa shape index (κ2) is 7.08. The lowest BCUT2D eigenvalue weighted by Gasteiger charge is -2.43. The van der Waals surface area contributed by atoms with Crippen molar-refractivity contribution in [3.8, 4) is 0 Å². The van der Waals surface area contributed by atoms with Gasteiger partial charge in [-0.15, -0.1) is 0 Å². The number of piperazine rings is 1. The molecule has 5 heteroatoms. The summed E-state index contributed by atoms with van der Waals surface area (Å²) in [6.07, 6.45) is 1.63. The molecule has 0 aromatic heterocycles. The number of nitrogens with zero attached hydrogens (tertiary/aromatic N) is 2. The van der Waals surface area contributed by atoms with Crippen LogP contribution in [0.1, 0.15) is 35.6 Å². The second-order valence-electron chi connectivity index (χ2n) is 7.16. The van der Waals surface area contributed by atoms with E-state index < -0.39 is 5.97 Å². The maximum Gasteiger partial charge on any atom is 0.303 e. The molecule has 4 nitrogen and oxygen atoms in total. The Morgan fingerprint density at radius 2 is 2.00 bits per heavy atom. The van der Waals surface area contributed by atoms with Crippen LogP contribution < -0.4 is 4.90 Å². The third kappa shape index (κ3) is 3.31. The Bertz CT molecular complexity index is 823. The summed E-state index contributed by atoms with van der Waals surface area (Å²) in [4.78, 5) is 15.5. The van der Waals surface area contributed by atoms with E-state index in [1.807, 2.05) is 12.1 Å². The SMILES string of the molecule is O=C(O)CCCN1CCN2c3ccc(F)cc3Cc3ccccc3C2C1. The van der Waals surface area contributed by atoms with Gasteiger partial charge in [-0.2, -0.15) is 0 Å². The molecule has 4 rings (SSSR count). The fraction of sp³-hybridized carbons (Fsp3) is 0.381. The molecule has 1 fully saturated rings. The summed E-state index contributed by atoms with van der Waals surface area (Å²) in [5.74, 6) is -0.925. The number of rotatable bonds is 4. The highest BCUT2D eigenvalue weighted by atomic mass is 19.1. The Balaban J connectivity index is 1.64. The first kappa shape index (κ1) is 17.0. The van der Waals surface area contributed by atoms with Crippen LogP contribution in [0.4, 0.5) is 10.1 Å². The predicted molar refractivity (Wildman–Crippen MR) is 99.0 cm³/mol. The first-order chi connectivity index (χ1) is 12.6. The molecule has 0 spiro atoms. The summed E-state index contributed by atoms with van der Waals surface area (Å²) in [5.41, 5.74) is 4.71. The van der Waals surface area contributed by atoms with E-state index in [2.05, 4.69) is 28.0 Å². The second-order valence-corrected chi connectivity index (χ2v) is 7.16. The third-order valence-corrected chi connectivity index (χ3v) is 5.48. The molecular weight excluding hydrogens is 331 g/mol. The van der Waals surface area contributed by atoms with E-state index in [1.165, 1.54) is 11.1 Å². The third-order valence-electron chi connectivity index (χ3n) is 5.48. The first-order valence-electron chi connectivity index (χ1n) is 9.19. The lowest BCUT2D eigenvalue weighted by molar-refractivity contribution is -0.137. The zero-order chi connectivity index (χ0) is 18.1.